The molecule has 25 heavy (non-hydrogen) atoms. The Hall–Kier alpha value is -3.03. The number of imidazole rings is 1. The molecule has 0 bridgehead atoms. The first kappa shape index (κ1) is 15.5. The summed E-state index contributed by atoms with van der Waals surface area (Å²) >= 11 is 0. The van der Waals surface area contributed by atoms with Crippen LogP contribution in [0.4, 0.5) is 10.2 Å². The lowest BCUT2D eigenvalue weighted by atomic mass is 10.1. The van der Waals surface area contributed by atoms with Crippen molar-refractivity contribution in [2.24, 2.45) is 0 Å². The lowest BCUT2D eigenvalue weighted by Crippen LogP contribution is -2.43. The number of nitrogens with zero attached hydrogens (tertiary/aromatic N) is 4. The number of nitrogens with one attached hydrogen (secondary N) is 2. The zero-order valence-corrected chi connectivity index (χ0v) is 13.4. The van der Waals surface area contributed by atoms with E-state index >= 15 is 0 Å². The third-order valence-corrected chi connectivity index (χ3v) is 4.44. The normalized spacial score (nSPS) is 17.2. The van der Waals surface area contributed by atoms with Crippen LogP contribution >= 0.6 is 0 Å². The average Bonchev–Trinajstić information content (AvgIpc) is 3.29. The molecule has 3 heterocycles. The number of amides is 1. The van der Waals surface area contributed by atoms with Gasteiger partial charge in [-0.05, 0) is 18.9 Å². The molecule has 8 heteroatoms. The lowest BCUT2D eigenvalue weighted by molar-refractivity contribution is -0.122. The molecular formula is C17H17FN6O. The topological polar surface area (TPSA) is 86.8 Å². The predicted molar refractivity (Wildman–Crippen MR) is 90.3 cm³/mol. The highest BCUT2D eigenvalue weighted by atomic mass is 19.1. The zero-order valence-electron chi connectivity index (χ0n) is 13.4. The second-order valence-electron chi connectivity index (χ2n) is 5.96. The number of carbonyl (C=O) groups is 1. The molecule has 0 unspecified atom stereocenters. The first-order valence-corrected chi connectivity index (χ1v) is 8.16. The van der Waals surface area contributed by atoms with Crippen molar-refractivity contribution in [3.05, 3.63) is 48.3 Å². The number of hydrogen-bond acceptors (Lipinski definition) is 5. The van der Waals surface area contributed by atoms with E-state index in [4.69, 9.17) is 0 Å². The zero-order chi connectivity index (χ0) is 17.2. The molecule has 3 aromatic rings. The van der Waals surface area contributed by atoms with Gasteiger partial charge in [-0.3, -0.25) is 4.79 Å². The van der Waals surface area contributed by atoms with Crippen LogP contribution < -0.4 is 10.2 Å². The van der Waals surface area contributed by atoms with Crippen molar-refractivity contribution >= 4 is 22.9 Å². The van der Waals surface area contributed by atoms with Crippen LogP contribution in [0.5, 0.6) is 0 Å². The number of aromatic amines is 1. The number of rotatable bonds is 4. The maximum atomic E-state index is 13.7. The molecule has 1 saturated heterocycles. The summed E-state index contributed by atoms with van der Waals surface area (Å²) in [6, 6.07) is 6.09. The molecule has 1 aliphatic rings. The first-order chi connectivity index (χ1) is 12.2. The molecule has 1 fully saturated rings. The number of carbonyl (C=O) groups excluding carboxylic acids is 1. The van der Waals surface area contributed by atoms with Gasteiger partial charge in [-0.2, -0.15) is 0 Å². The summed E-state index contributed by atoms with van der Waals surface area (Å²) in [7, 11) is 0. The van der Waals surface area contributed by atoms with Gasteiger partial charge < -0.3 is 15.2 Å². The van der Waals surface area contributed by atoms with Gasteiger partial charge in [-0.25, -0.2) is 19.3 Å². The molecule has 4 rings (SSSR count). The summed E-state index contributed by atoms with van der Waals surface area (Å²) in [5, 5.41) is 2.83. The summed E-state index contributed by atoms with van der Waals surface area (Å²) in [5.74, 6) is 0.193. The van der Waals surface area contributed by atoms with Crippen molar-refractivity contribution in [2.45, 2.75) is 25.4 Å². The Labute approximate surface area is 143 Å². The van der Waals surface area contributed by atoms with Crippen LogP contribution in [0, 0.1) is 5.82 Å². The van der Waals surface area contributed by atoms with Crippen molar-refractivity contribution in [3.63, 3.8) is 0 Å². The number of H-pyrrole nitrogens is 1. The number of hydrogen-bond donors (Lipinski definition) is 2. The summed E-state index contributed by atoms with van der Waals surface area (Å²) in [5.41, 5.74) is 1.76. The van der Waals surface area contributed by atoms with E-state index in [1.165, 1.54) is 12.4 Å². The second-order valence-corrected chi connectivity index (χ2v) is 5.96. The average molecular weight is 340 g/mol. The molecule has 0 spiro atoms. The van der Waals surface area contributed by atoms with Gasteiger partial charge in [-0.1, -0.05) is 18.2 Å². The minimum absolute atomic E-state index is 0.136. The molecule has 0 aliphatic carbocycles. The van der Waals surface area contributed by atoms with Crippen LogP contribution in [0.2, 0.25) is 0 Å². The SMILES string of the molecule is O=C(NCc1ccccc1F)[C@H]1CCCN1c1ncnc2[nH]cnc12. The highest BCUT2D eigenvalue weighted by Gasteiger charge is 2.33. The molecular weight excluding hydrogens is 323 g/mol. The lowest BCUT2D eigenvalue weighted by Gasteiger charge is -2.24. The number of halogens is 1. The monoisotopic (exact) mass is 340 g/mol. The molecule has 1 amide bonds. The number of benzene rings is 1. The predicted octanol–water partition coefficient (Wildman–Crippen LogP) is 1.78. The summed E-state index contributed by atoms with van der Waals surface area (Å²) in [4.78, 5) is 30.2. The van der Waals surface area contributed by atoms with E-state index < -0.39 is 0 Å². The highest BCUT2D eigenvalue weighted by Crippen LogP contribution is 2.28. The molecule has 128 valence electrons. The van der Waals surface area contributed by atoms with E-state index in [0.717, 1.165) is 19.4 Å². The standard InChI is InChI=1S/C17H17FN6O/c18-12-5-2-1-4-11(12)8-19-17(25)13-6-3-7-24(13)16-14-15(21-9-20-14)22-10-23-16/h1-2,4-5,9-10,13H,3,6-8H2,(H,19,25)(H,20,21,22,23)/t13-/m1/s1. The Bertz CT molecular complexity index is 911. The van der Waals surface area contributed by atoms with E-state index in [1.807, 2.05) is 4.90 Å². The Kier molecular flexibility index (Phi) is 4.01. The molecule has 2 N–H and O–H groups in total. The van der Waals surface area contributed by atoms with E-state index in [-0.39, 0.29) is 24.3 Å². The smallest absolute Gasteiger partial charge is 0.243 e. The summed E-state index contributed by atoms with van der Waals surface area (Å²) < 4.78 is 13.7. The maximum absolute atomic E-state index is 13.7. The fourth-order valence-corrected chi connectivity index (χ4v) is 3.20. The second kappa shape index (κ2) is 6.46. The van der Waals surface area contributed by atoms with Crippen molar-refractivity contribution in [1.29, 1.82) is 0 Å². The van der Waals surface area contributed by atoms with Gasteiger partial charge in [0.15, 0.2) is 11.5 Å². The van der Waals surface area contributed by atoms with Gasteiger partial charge in [0.2, 0.25) is 5.91 Å². The molecule has 0 radical (unpaired) electrons. The van der Waals surface area contributed by atoms with E-state index in [2.05, 4.69) is 25.3 Å². The molecule has 1 atom stereocenters. The number of aromatic nitrogens is 4. The van der Waals surface area contributed by atoms with Crippen LogP contribution in [0.3, 0.4) is 0 Å². The van der Waals surface area contributed by atoms with Crippen molar-refractivity contribution in [2.75, 3.05) is 11.4 Å². The van der Waals surface area contributed by atoms with Crippen LogP contribution in [-0.2, 0) is 11.3 Å². The van der Waals surface area contributed by atoms with Gasteiger partial charge in [-0.15, -0.1) is 0 Å². The van der Waals surface area contributed by atoms with Crippen molar-refractivity contribution < 1.29 is 9.18 Å². The van der Waals surface area contributed by atoms with E-state index in [1.54, 1.807) is 24.5 Å². The molecule has 7 nitrogen and oxygen atoms in total. The Balaban J connectivity index is 1.52. The Morgan fingerprint density at radius 1 is 1.32 bits per heavy atom. The Morgan fingerprint density at radius 2 is 2.20 bits per heavy atom. The molecule has 0 saturated carbocycles. The first-order valence-electron chi connectivity index (χ1n) is 8.16. The minimum atomic E-state index is -0.346. The fourth-order valence-electron chi connectivity index (χ4n) is 3.20. The maximum Gasteiger partial charge on any atom is 0.243 e. The van der Waals surface area contributed by atoms with Gasteiger partial charge >= 0.3 is 0 Å². The molecule has 1 aromatic carbocycles. The number of anilines is 1. The van der Waals surface area contributed by atoms with Crippen molar-refractivity contribution in [1.82, 2.24) is 25.3 Å². The van der Waals surface area contributed by atoms with Crippen LogP contribution in [0.1, 0.15) is 18.4 Å². The van der Waals surface area contributed by atoms with Crippen LogP contribution in [0.25, 0.3) is 11.2 Å². The quantitative estimate of drug-likeness (QED) is 0.756. The van der Waals surface area contributed by atoms with Gasteiger partial charge in [0.25, 0.3) is 0 Å². The highest BCUT2D eigenvalue weighted by molar-refractivity contribution is 5.90. The van der Waals surface area contributed by atoms with Crippen LogP contribution in [-0.4, -0.2) is 38.4 Å². The Morgan fingerprint density at radius 3 is 3.08 bits per heavy atom. The summed E-state index contributed by atoms with van der Waals surface area (Å²) in [6.45, 7) is 0.883. The number of fused-ring (bicyclic) bond motifs is 1. The largest absolute Gasteiger partial charge is 0.350 e. The minimum Gasteiger partial charge on any atom is -0.350 e. The van der Waals surface area contributed by atoms with Gasteiger partial charge in [0.05, 0.1) is 6.33 Å². The van der Waals surface area contributed by atoms with Crippen LogP contribution in [0.15, 0.2) is 36.9 Å². The van der Waals surface area contributed by atoms with Gasteiger partial charge in [0, 0.05) is 18.7 Å². The molecule has 1 aliphatic heterocycles. The van der Waals surface area contributed by atoms with E-state index in [0.29, 0.717) is 22.5 Å². The van der Waals surface area contributed by atoms with Gasteiger partial charge in [0.1, 0.15) is 23.7 Å². The molecule has 2 aromatic heterocycles. The third kappa shape index (κ3) is 2.90. The van der Waals surface area contributed by atoms with E-state index in [9.17, 15) is 9.18 Å². The van der Waals surface area contributed by atoms with Crippen molar-refractivity contribution in [3.8, 4) is 0 Å². The summed E-state index contributed by atoms with van der Waals surface area (Å²) in [6.07, 6.45) is 4.63. The third-order valence-electron chi connectivity index (χ3n) is 4.44. The fraction of sp³-hybridized carbons (Fsp3) is 0.294.